The van der Waals surface area contributed by atoms with E-state index in [1.807, 2.05) is 31.2 Å². The van der Waals surface area contributed by atoms with E-state index in [-0.39, 0.29) is 5.92 Å². The molecule has 0 unspecified atom stereocenters. The number of benzene rings is 2. The van der Waals surface area contributed by atoms with E-state index >= 15 is 0 Å². The number of methoxy groups -OCH3 is 1. The maximum atomic E-state index is 12.8. The van der Waals surface area contributed by atoms with Crippen LogP contribution in [0.2, 0.25) is 0 Å². The second kappa shape index (κ2) is 10.6. The Hall–Kier alpha value is -2.95. The third kappa shape index (κ3) is 6.05. The maximum Gasteiger partial charge on any atom is 0.416 e. The number of thiazole rings is 1. The van der Waals surface area contributed by atoms with E-state index in [9.17, 15) is 18.0 Å². The maximum absolute atomic E-state index is 12.8. The van der Waals surface area contributed by atoms with E-state index in [0.29, 0.717) is 36.1 Å². The van der Waals surface area contributed by atoms with Crippen molar-refractivity contribution in [3.8, 4) is 16.3 Å². The fourth-order valence-corrected chi connectivity index (χ4v) is 4.74. The highest BCUT2D eigenvalue weighted by atomic mass is 32.1. The number of esters is 1. The molecule has 0 radical (unpaired) electrons. The van der Waals surface area contributed by atoms with Gasteiger partial charge in [0, 0.05) is 18.4 Å². The molecule has 192 valence electrons. The number of aromatic nitrogens is 1. The number of hydrogen-bond acceptors (Lipinski definition) is 7. The smallest absolute Gasteiger partial charge is 0.416 e. The zero-order chi connectivity index (χ0) is 25.9. The van der Waals surface area contributed by atoms with Crippen LogP contribution in [0.3, 0.4) is 0 Å². The van der Waals surface area contributed by atoms with E-state index in [4.69, 9.17) is 18.9 Å². The molecule has 0 amide bonds. The first-order chi connectivity index (χ1) is 17.1. The van der Waals surface area contributed by atoms with Crippen molar-refractivity contribution in [2.75, 3.05) is 20.3 Å². The van der Waals surface area contributed by atoms with Gasteiger partial charge in [0.1, 0.15) is 17.4 Å². The lowest BCUT2D eigenvalue weighted by Crippen LogP contribution is -2.48. The first kappa shape index (κ1) is 26.1. The molecule has 0 bridgehead atoms. The van der Waals surface area contributed by atoms with Crippen LogP contribution < -0.4 is 4.74 Å². The molecular formula is C26H26F3NO5S. The molecule has 6 nitrogen and oxygen atoms in total. The zero-order valence-electron chi connectivity index (χ0n) is 20.1. The fourth-order valence-electron chi connectivity index (χ4n) is 3.76. The predicted octanol–water partition coefficient (Wildman–Crippen LogP) is 5.81. The first-order valence-corrected chi connectivity index (χ1v) is 12.1. The third-order valence-electron chi connectivity index (χ3n) is 5.91. The van der Waals surface area contributed by atoms with Gasteiger partial charge in [0.15, 0.2) is 0 Å². The summed E-state index contributed by atoms with van der Waals surface area (Å²) in [5.74, 6) is -1.11. The summed E-state index contributed by atoms with van der Waals surface area (Å²) in [6, 6.07) is 12.7. The predicted molar refractivity (Wildman–Crippen MR) is 128 cm³/mol. The van der Waals surface area contributed by atoms with Crippen LogP contribution in [-0.4, -0.2) is 37.1 Å². The molecule has 0 N–H and O–H groups in total. The summed E-state index contributed by atoms with van der Waals surface area (Å²) >= 11 is 1.40. The summed E-state index contributed by atoms with van der Waals surface area (Å²) < 4.78 is 60.3. The lowest BCUT2D eigenvalue weighted by Gasteiger charge is -2.35. The van der Waals surface area contributed by atoms with Crippen molar-refractivity contribution in [3.63, 3.8) is 0 Å². The Labute approximate surface area is 211 Å². The molecule has 0 aliphatic carbocycles. The van der Waals surface area contributed by atoms with E-state index < -0.39 is 23.5 Å². The van der Waals surface area contributed by atoms with Crippen LogP contribution in [0.4, 0.5) is 13.2 Å². The van der Waals surface area contributed by atoms with E-state index in [2.05, 4.69) is 4.98 Å². The quantitative estimate of drug-likeness (QED) is 0.366. The molecule has 0 saturated carbocycles. The first-order valence-electron chi connectivity index (χ1n) is 11.3. The summed E-state index contributed by atoms with van der Waals surface area (Å²) in [7, 11) is 1.30. The van der Waals surface area contributed by atoms with Gasteiger partial charge in [-0.05, 0) is 43.2 Å². The second-order valence-electron chi connectivity index (χ2n) is 8.66. The molecule has 1 saturated heterocycles. The number of aryl methyl sites for hydroxylation is 1. The highest BCUT2D eigenvalue weighted by Crippen LogP contribution is 2.33. The largest absolute Gasteiger partial charge is 0.488 e. The molecular weight excluding hydrogens is 495 g/mol. The molecule has 0 spiro atoms. The third-order valence-corrected chi connectivity index (χ3v) is 7.09. The zero-order valence-corrected chi connectivity index (χ0v) is 20.9. The summed E-state index contributed by atoms with van der Waals surface area (Å²) in [6.45, 7) is 4.48. The average Bonchev–Trinajstić information content (AvgIpc) is 3.24. The summed E-state index contributed by atoms with van der Waals surface area (Å²) in [6.07, 6.45) is -3.64. The summed E-state index contributed by atoms with van der Waals surface area (Å²) in [4.78, 5) is 17.2. The van der Waals surface area contributed by atoms with Crippen molar-refractivity contribution >= 4 is 17.3 Å². The summed E-state index contributed by atoms with van der Waals surface area (Å²) in [5, 5.41) is 0.649. The van der Waals surface area contributed by atoms with E-state index in [1.54, 1.807) is 6.92 Å². The van der Waals surface area contributed by atoms with Crippen LogP contribution in [0, 0.1) is 12.8 Å². The Kier molecular flexibility index (Phi) is 7.67. The average molecular weight is 522 g/mol. The minimum atomic E-state index is -4.37. The lowest BCUT2D eigenvalue weighted by molar-refractivity contribution is -0.272. The number of carbonyl (C=O) groups is 1. The van der Waals surface area contributed by atoms with E-state index in [1.165, 1.54) is 30.6 Å². The van der Waals surface area contributed by atoms with Crippen LogP contribution in [-0.2, 0) is 38.2 Å². The molecule has 1 aliphatic rings. The van der Waals surface area contributed by atoms with Gasteiger partial charge in [-0.1, -0.05) is 24.3 Å². The highest BCUT2D eigenvalue weighted by Gasteiger charge is 2.41. The van der Waals surface area contributed by atoms with Crippen LogP contribution in [0.15, 0.2) is 48.5 Å². The van der Waals surface area contributed by atoms with Crippen molar-refractivity contribution in [3.05, 3.63) is 70.2 Å². The van der Waals surface area contributed by atoms with Gasteiger partial charge >= 0.3 is 12.1 Å². The standard InChI is InChI=1S/C26H26F3NO5S/c1-16-22(36-23(30-16)19-6-8-20(9-7-19)26(27,28)29)15-33-21-10-4-17(5-11-21)12-18-13-34-25(2,35-14-18)24(31)32-3/h4-11,18H,12-15H2,1-3H3. The Morgan fingerprint density at radius 2 is 1.75 bits per heavy atom. The monoisotopic (exact) mass is 521 g/mol. The number of nitrogens with zero attached hydrogens (tertiary/aromatic N) is 1. The summed E-state index contributed by atoms with van der Waals surface area (Å²) in [5.41, 5.74) is 1.81. The molecule has 36 heavy (non-hydrogen) atoms. The van der Waals surface area contributed by atoms with Gasteiger partial charge < -0.3 is 18.9 Å². The van der Waals surface area contributed by atoms with Gasteiger partial charge in [-0.25, -0.2) is 9.78 Å². The molecule has 4 rings (SSSR count). The Bertz CT molecular complexity index is 1180. The SMILES string of the molecule is COC(=O)C1(C)OCC(Cc2ccc(OCc3sc(-c4ccc(C(F)(F)F)cc4)nc3C)cc2)CO1. The van der Waals surface area contributed by atoms with Crippen LogP contribution in [0.5, 0.6) is 5.75 Å². The Morgan fingerprint density at radius 1 is 1.11 bits per heavy atom. The minimum Gasteiger partial charge on any atom is -0.488 e. The van der Waals surface area contributed by atoms with Crippen molar-refractivity contribution < 1.29 is 36.9 Å². The number of carbonyl (C=O) groups excluding carboxylic acids is 1. The van der Waals surface area contributed by atoms with Crippen LogP contribution in [0.25, 0.3) is 10.6 Å². The normalized spacial score (nSPS) is 20.2. The Balaban J connectivity index is 1.31. The molecule has 10 heteroatoms. The van der Waals surface area contributed by atoms with Crippen molar-refractivity contribution in [1.82, 2.24) is 4.98 Å². The van der Waals surface area contributed by atoms with Crippen LogP contribution >= 0.6 is 11.3 Å². The Morgan fingerprint density at radius 3 is 2.33 bits per heavy atom. The molecule has 3 aromatic rings. The van der Waals surface area contributed by atoms with Crippen molar-refractivity contribution in [2.24, 2.45) is 5.92 Å². The van der Waals surface area contributed by atoms with Gasteiger partial charge in [-0.2, -0.15) is 13.2 Å². The fraction of sp³-hybridized carbons (Fsp3) is 0.385. The number of rotatable bonds is 7. The van der Waals surface area contributed by atoms with Gasteiger partial charge in [0.2, 0.25) is 0 Å². The number of hydrogen-bond donors (Lipinski definition) is 0. The molecule has 1 aliphatic heterocycles. The highest BCUT2D eigenvalue weighted by molar-refractivity contribution is 7.15. The van der Waals surface area contributed by atoms with Gasteiger partial charge in [0.05, 0.1) is 36.5 Å². The molecule has 2 heterocycles. The minimum absolute atomic E-state index is 0.109. The van der Waals surface area contributed by atoms with E-state index in [0.717, 1.165) is 34.7 Å². The second-order valence-corrected chi connectivity index (χ2v) is 9.75. The van der Waals surface area contributed by atoms with Crippen molar-refractivity contribution in [1.29, 1.82) is 0 Å². The molecule has 2 aromatic carbocycles. The van der Waals surface area contributed by atoms with Gasteiger partial charge in [0.25, 0.3) is 5.79 Å². The molecule has 1 aromatic heterocycles. The number of alkyl halides is 3. The number of ether oxygens (including phenoxy) is 4. The van der Waals surface area contributed by atoms with Crippen molar-refractivity contribution in [2.45, 2.75) is 38.8 Å². The number of halogens is 3. The van der Waals surface area contributed by atoms with Gasteiger partial charge in [-0.3, -0.25) is 0 Å². The van der Waals surface area contributed by atoms with Crippen LogP contribution in [0.1, 0.15) is 28.6 Å². The molecule has 0 atom stereocenters. The van der Waals surface area contributed by atoms with Gasteiger partial charge in [-0.15, -0.1) is 11.3 Å². The lowest BCUT2D eigenvalue weighted by atomic mass is 9.99. The molecule has 1 fully saturated rings. The topological polar surface area (TPSA) is 66.9 Å².